The van der Waals surface area contributed by atoms with Gasteiger partial charge in [0.1, 0.15) is 11.3 Å². The minimum Gasteiger partial charge on any atom is -0.497 e. The van der Waals surface area contributed by atoms with Crippen LogP contribution in [-0.2, 0) is 33.9 Å². The van der Waals surface area contributed by atoms with E-state index in [4.69, 9.17) is 18.6 Å². The largest absolute Gasteiger partial charge is 0.497 e. The number of carbonyl (C=O) groups is 1. The maximum Gasteiger partial charge on any atom is 0.286 e. The van der Waals surface area contributed by atoms with Crippen molar-refractivity contribution in [1.29, 1.82) is 0 Å². The number of benzene rings is 3. The molecule has 2 aromatic heterocycles. The lowest BCUT2D eigenvalue weighted by Crippen LogP contribution is -2.33. The summed E-state index contributed by atoms with van der Waals surface area (Å²) in [6.45, 7) is 0.741. The summed E-state index contributed by atoms with van der Waals surface area (Å²) in [6, 6.07) is 21.3. The van der Waals surface area contributed by atoms with Gasteiger partial charge in [-0.3, -0.25) is 4.79 Å². The van der Waals surface area contributed by atoms with Crippen LogP contribution in [0.2, 0.25) is 0 Å². The Morgan fingerprint density at radius 1 is 1.07 bits per heavy atom. The van der Waals surface area contributed by atoms with Crippen LogP contribution in [0.25, 0.3) is 21.9 Å². The van der Waals surface area contributed by atoms with Gasteiger partial charge in [0.25, 0.3) is 5.91 Å². The summed E-state index contributed by atoms with van der Waals surface area (Å²) in [5.74, 6) is 0.598. The molecule has 8 heteroatoms. The maximum atomic E-state index is 13.3. The van der Waals surface area contributed by atoms with Crippen LogP contribution in [0.4, 0.5) is 0 Å². The summed E-state index contributed by atoms with van der Waals surface area (Å²) in [5.41, 5.74) is 5.68. The molecule has 3 N–H and O–H groups in total. The topological polar surface area (TPSA) is 106 Å². The average Bonchev–Trinajstić information content (AvgIpc) is 3.64. The first-order valence-electron chi connectivity index (χ1n) is 13.7. The zero-order valence-corrected chi connectivity index (χ0v) is 22.8. The Hall–Kier alpha value is -4.53. The van der Waals surface area contributed by atoms with E-state index in [-0.39, 0.29) is 24.2 Å². The molecule has 1 aliphatic heterocycles. The third-order valence-electron chi connectivity index (χ3n) is 7.49. The van der Waals surface area contributed by atoms with Gasteiger partial charge in [0, 0.05) is 46.9 Å². The van der Waals surface area contributed by atoms with E-state index in [0.717, 1.165) is 49.9 Å². The summed E-state index contributed by atoms with van der Waals surface area (Å²) < 4.78 is 23.4. The monoisotopic (exact) mass is 552 g/mol. The Labute approximate surface area is 237 Å². The molecule has 2 atom stereocenters. The van der Waals surface area contributed by atoms with E-state index in [1.54, 1.807) is 13.4 Å². The Morgan fingerprint density at radius 2 is 1.90 bits per heavy atom. The lowest BCUT2D eigenvalue weighted by molar-refractivity contribution is -0.150. The van der Waals surface area contributed by atoms with Crippen molar-refractivity contribution in [2.75, 3.05) is 13.7 Å². The number of methoxy groups -OCH3 is 1. The third-order valence-corrected chi connectivity index (χ3v) is 7.49. The van der Waals surface area contributed by atoms with Crippen molar-refractivity contribution in [3.05, 3.63) is 113 Å². The van der Waals surface area contributed by atoms with Gasteiger partial charge in [-0.25, -0.2) is 0 Å². The molecule has 2 unspecified atom stereocenters. The summed E-state index contributed by atoms with van der Waals surface area (Å²) in [7, 11) is 1.65. The predicted octanol–water partition coefficient (Wildman–Crippen LogP) is 5.70. The van der Waals surface area contributed by atoms with E-state index >= 15 is 0 Å². The van der Waals surface area contributed by atoms with Crippen molar-refractivity contribution < 1.29 is 28.5 Å². The Morgan fingerprint density at radius 3 is 2.73 bits per heavy atom. The zero-order chi connectivity index (χ0) is 28.2. The highest BCUT2D eigenvalue weighted by atomic mass is 16.7. The van der Waals surface area contributed by atoms with Crippen LogP contribution in [0.5, 0.6) is 5.75 Å². The van der Waals surface area contributed by atoms with Crippen LogP contribution >= 0.6 is 0 Å². The van der Waals surface area contributed by atoms with E-state index in [0.29, 0.717) is 26.0 Å². The van der Waals surface area contributed by atoms with E-state index in [1.807, 2.05) is 79.0 Å². The highest BCUT2D eigenvalue weighted by Crippen LogP contribution is 2.36. The van der Waals surface area contributed by atoms with Crippen LogP contribution in [0.3, 0.4) is 0 Å². The number of allylic oxidation sites excluding steroid dienone is 1. The minimum atomic E-state index is -0.627. The highest BCUT2D eigenvalue weighted by molar-refractivity contribution is 5.92. The summed E-state index contributed by atoms with van der Waals surface area (Å²) in [6.07, 6.45) is 6.13. The fourth-order valence-electron chi connectivity index (χ4n) is 5.24. The molecule has 0 fully saturated rings. The molecule has 210 valence electrons. The van der Waals surface area contributed by atoms with Crippen molar-refractivity contribution in [3.63, 3.8) is 0 Å². The number of aromatic amines is 1. The molecule has 5 aromatic rings. The SMILES string of the molecule is COc1ccc2[nH]cc(CCNC(=O)C3=CC(c4coc5ccccc45)CC(OCc4ccc(CO)cc4)O3)c2c1. The fraction of sp³-hybridized carbons (Fsp3) is 0.242. The smallest absolute Gasteiger partial charge is 0.286 e. The minimum absolute atomic E-state index is 0.00895. The van der Waals surface area contributed by atoms with Crippen LogP contribution < -0.4 is 10.1 Å². The number of nitrogens with one attached hydrogen (secondary N) is 2. The number of ether oxygens (including phenoxy) is 3. The summed E-state index contributed by atoms with van der Waals surface area (Å²) >= 11 is 0. The number of hydrogen-bond acceptors (Lipinski definition) is 6. The lowest BCUT2D eigenvalue weighted by atomic mass is 9.92. The molecule has 0 bridgehead atoms. The van der Waals surface area contributed by atoms with Gasteiger partial charge in [0.05, 0.1) is 26.6 Å². The van der Waals surface area contributed by atoms with Crippen molar-refractivity contribution in [2.24, 2.45) is 0 Å². The first-order valence-corrected chi connectivity index (χ1v) is 13.7. The number of hydrogen-bond donors (Lipinski definition) is 3. The van der Waals surface area contributed by atoms with Crippen LogP contribution in [0.1, 0.15) is 34.6 Å². The number of aliphatic hydroxyl groups excluding tert-OH is 1. The molecule has 0 spiro atoms. The van der Waals surface area contributed by atoms with Crippen molar-refractivity contribution in [3.8, 4) is 5.75 Å². The summed E-state index contributed by atoms with van der Waals surface area (Å²) in [4.78, 5) is 16.6. The number of para-hydroxylation sites is 1. The number of rotatable bonds is 10. The molecule has 41 heavy (non-hydrogen) atoms. The maximum absolute atomic E-state index is 13.3. The molecular weight excluding hydrogens is 520 g/mol. The molecule has 0 saturated heterocycles. The molecule has 6 rings (SSSR count). The third kappa shape index (κ3) is 5.84. The fourth-order valence-corrected chi connectivity index (χ4v) is 5.24. The first-order chi connectivity index (χ1) is 20.1. The molecule has 8 nitrogen and oxygen atoms in total. The standard InChI is InChI=1S/C33H32N2O6/c1-38-25-10-11-29-27(16-25)23(17-35-29)12-13-34-33(37)31-14-24(28-20-39-30-5-3-2-4-26(28)30)15-32(41-31)40-19-22-8-6-21(18-36)7-9-22/h2-11,14,16-17,20,24,32,35-36H,12-13,15,18-19H2,1H3,(H,34,37). The number of H-pyrrole nitrogens is 1. The number of amides is 1. The van der Waals surface area contributed by atoms with Crippen molar-refractivity contribution in [1.82, 2.24) is 10.3 Å². The second-order valence-electron chi connectivity index (χ2n) is 10.1. The highest BCUT2D eigenvalue weighted by Gasteiger charge is 2.30. The first kappa shape index (κ1) is 26.7. The molecule has 0 radical (unpaired) electrons. The van der Waals surface area contributed by atoms with Gasteiger partial charge < -0.3 is 34.0 Å². The van der Waals surface area contributed by atoms with Gasteiger partial charge in [-0.15, -0.1) is 0 Å². The predicted molar refractivity (Wildman–Crippen MR) is 155 cm³/mol. The molecule has 3 heterocycles. The van der Waals surface area contributed by atoms with Crippen molar-refractivity contribution in [2.45, 2.75) is 38.3 Å². The van der Waals surface area contributed by atoms with Gasteiger partial charge in [-0.1, -0.05) is 42.5 Å². The van der Waals surface area contributed by atoms with Crippen LogP contribution in [0.15, 0.2) is 95.4 Å². The second-order valence-corrected chi connectivity index (χ2v) is 10.1. The zero-order valence-electron chi connectivity index (χ0n) is 22.8. The Bertz CT molecular complexity index is 1680. The van der Waals surface area contributed by atoms with Gasteiger partial charge in [0.15, 0.2) is 5.76 Å². The molecule has 3 aromatic carbocycles. The normalized spacial score (nSPS) is 16.9. The Kier molecular flexibility index (Phi) is 7.75. The van der Waals surface area contributed by atoms with E-state index in [2.05, 4.69) is 10.3 Å². The van der Waals surface area contributed by atoms with Gasteiger partial charge >= 0.3 is 0 Å². The van der Waals surface area contributed by atoms with E-state index in [9.17, 15) is 9.90 Å². The van der Waals surface area contributed by atoms with Crippen molar-refractivity contribution >= 4 is 27.8 Å². The number of furan rings is 1. The molecular formula is C33H32N2O6. The Balaban J connectivity index is 1.17. The van der Waals surface area contributed by atoms with Gasteiger partial charge in [-0.05, 0) is 53.5 Å². The molecule has 0 aliphatic carbocycles. The van der Waals surface area contributed by atoms with Crippen LogP contribution in [0, 0.1) is 0 Å². The van der Waals surface area contributed by atoms with E-state index in [1.165, 1.54) is 0 Å². The number of aromatic nitrogens is 1. The molecule has 1 aliphatic rings. The average molecular weight is 553 g/mol. The number of carbonyl (C=O) groups excluding carboxylic acids is 1. The van der Waals surface area contributed by atoms with Gasteiger partial charge in [0.2, 0.25) is 6.29 Å². The van der Waals surface area contributed by atoms with E-state index < -0.39 is 6.29 Å². The lowest BCUT2D eigenvalue weighted by Gasteiger charge is -2.29. The van der Waals surface area contributed by atoms with Crippen LogP contribution in [-0.4, -0.2) is 35.9 Å². The quantitative estimate of drug-likeness (QED) is 0.205. The summed E-state index contributed by atoms with van der Waals surface area (Å²) in [5, 5.41) is 14.4. The second kappa shape index (κ2) is 11.9. The molecule has 1 amide bonds. The molecule has 0 saturated carbocycles. The number of fused-ring (bicyclic) bond motifs is 2. The number of aliphatic hydroxyl groups is 1. The van der Waals surface area contributed by atoms with Gasteiger partial charge in [-0.2, -0.15) is 0 Å².